The Morgan fingerprint density at radius 2 is 1.24 bits per heavy atom. The Kier molecular flexibility index (Phi) is 15.7. The van der Waals surface area contributed by atoms with Gasteiger partial charge in [-0.25, -0.2) is 0 Å². The van der Waals surface area contributed by atoms with Crippen LogP contribution in [0.4, 0.5) is 0 Å². The Morgan fingerprint density at radius 1 is 0.714 bits per heavy atom. The second-order valence-corrected chi connectivity index (χ2v) is 7.93. The fraction of sp³-hybridized carbons (Fsp3) is 1.00. The van der Waals surface area contributed by atoms with Crippen molar-refractivity contribution < 1.29 is 0 Å². The summed E-state index contributed by atoms with van der Waals surface area (Å²) in [7, 11) is 0. The lowest BCUT2D eigenvalue weighted by atomic mass is 9.95. The van der Waals surface area contributed by atoms with Gasteiger partial charge in [-0.2, -0.15) is 0 Å². The van der Waals surface area contributed by atoms with Crippen molar-refractivity contribution in [3.05, 3.63) is 0 Å². The number of hydrogen-bond acceptors (Lipinski definition) is 1. The zero-order valence-electron chi connectivity index (χ0n) is 15.0. The first-order valence-corrected chi connectivity index (χ1v) is 10.6. The Bertz CT molecular complexity index is 204. The molecule has 0 unspecified atom stereocenters. The fourth-order valence-corrected chi connectivity index (χ4v) is 3.19. The van der Waals surface area contributed by atoms with Gasteiger partial charge in [0.2, 0.25) is 0 Å². The minimum Gasteiger partial charge on any atom is -0.312 e. The van der Waals surface area contributed by atoms with E-state index in [4.69, 9.17) is 0 Å². The first kappa shape index (κ1) is 21.4. The van der Waals surface area contributed by atoms with Crippen LogP contribution in [0.1, 0.15) is 104 Å². The van der Waals surface area contributed by atoms with Crippen LogP contribution in [0.25, 0.3) is 0 Å². The molecule has 0 radical (unpaired) electrons. The Labute approximate surface area is 143 Å². The summed E-state index contributed by atoms with van der Waals surface area (Å²) in [5.41, 5.74) is 0.329. The van der Waals surface area contributed by atoms with Crippen molar-refractivity contribution in [2.45, 2.75) is 110 Å². The lowest BCUT2D eigenvalue weighted by Gasteiger charge is -2.26. The minimum atomic E-state index is 0.329. The number of halogens is 1. The summed E-state index contributed by atoms with van der Waals surface area (Å²) in [6, 6.07) is 0. The molecule has 0 atom stereocenters. The Hall–Kier alpha value is 0.440. The second kappa shape index (κ2) is 15.3. The molecule has 0 aromatic carbocycles. The average Bonchev–Trinajstić information content (AvgIpc) is 2.45. The molecule has 0 spiro atoms. The third-order valence-corrected chi connectivity index (χ3v) is 4.88. The maximum absolute atomic E-state index is 3.73. The van der Waals surface area contributed by atoms with Gasteiger partial charge in [0.05, 0.1) is 0 Å². The first-order chi connectivity index (χ1) is 10.1. The van der Waals surface area contributed by atoms with Gasteiger partial charge in [0.1, 0.15) is 0 Å². The molecule has 0 aromatic rings. The normalized spacial score (nSPS) is 12.0. The molecule has 1 N–H and O–H groups in total. The van der Waals surface area contributed by atoms with Crippen LogP contribution < -0.4 is 5.32 Å². The molecule has 1 nitrogen and oxygen atoms in total. The lowest BCUT2D eigenvalue weighted by Crippen LogP contribution is -2.39. The highest BCUT2D eigenvalue weighted by atomic mass is 79.9. The van der Waals surface area contributed by atoms with Gasteiger partial charge in [-0.15, -0.1) is 0 Å². The average molecular weight is 362 g/mol. The zero-order valence-corrected chi connectivity index (χ0v) is 16.6. The van der Waals surface area contributed by atoms with Crippen LogP contribution in [0.3, 0.4) is 0 Å². The summed E-state index contributed by atoms with van der Waals surface area (Å²) in [6.45, 7) is 8.19. The number of nitrogens with one attached hydrogen (secondary N) is 1. The lowest BCUT2D eigenvalue weighted by molar-refractivity contribution is 0.343. The predicted octanol–water partition coefficient (Wildman–Crippen LogP) is 6.84. The minimum absolute atomic E-state index is 0.329. The maximum atomic E-state index is 3.73. The molecule has 21 heavy (non-hydrogen) atoms. The van der Waals surface area contributed by atoms with Crippen molar-refractivity contribution in [2.24, 2.45) is 0 Å². The molecule has 0 aliphatic heterocycles. The smallest absolute Gasteiger partial charge is 0.0125 e. The van der Waals surface area contributed by atoms with Crippen LogP contribution in [0.15, 0.2) is 0 Å². The molecule has 0 amide bonds. The van der Waals surface area contributed by atoms with E-state index in [9.17, 15) is 0 Å². The van der Waals surface area contributed by atoms with E-state index >= 15 is 0 Å². The summed E-state index contributed by atoms with van der Waals surface area (Å²) in [4.78, 5) is 0. The summed E-state index contributed by atoms with van der Waals surface area (Å²) in [5, 5.41) is 4.88. The largest absolute Gasteiger partial charge is 0.312 e. The van der Waals surface area contributed by atoms with E-state index in [1.54, 1.807) is 0 Å². The number of unbranched alkanes of at least 4 members (excludes halogenated alkanes) is 10. The van der Waals surface area contributed by atoms with Crippen molar-refractivity contribution in [3.8, 4) is 0 Å². The SMILES string of the molecule is CCCCCCCCCCCC(C)(C)NCCCCCBr. The van der Waals surface area contributed by atoms with Gasteiger partial charge in [0.15, 0.2) is 0 Å². The molecule has 2 heteroatoms. The monoisotopic (exact) mass is 361 g/mol. The van der Waals surface area contributed by atoms with Gasteiger partial charge < -0.3 is 5.32 Å². The highest BCUT2D eigenvalue weighted by Crippen LogP contribution is 2.16. The molecule has 0 bridgehead atoms. The van der Waals surface area contributed by atoms with Gasteiger partial charge in [0.25, 0.3) is 0 Å². The Balaban J connectivity index is 3.32. The van der Waals surface area contributed by atoms with E-state index in [1.807, 2.05) is 0 Å². The Morgan fingerprint density at radius 3 is 1.81 bits per heavy atom. The van der Waals surface area contributed by atoms with Crippen molar-refractivity contribution in [1.29, 1.82) is 0 Å². The van der Waals surface area contributed by atoms with E-state index in [-0.39, 0.29) is 0 Å². The highest BCUT2D eigenvalue weighted by molar-refractivity contribution is 9.09. The molecule has 0 saturated heterocycles. The summed E-state index contributed by atoms with van der Waals surface area (Å²) in [6.07, 6.45) is 18.1. The van der Waals surface area contributed by atoms with E-state index in [2.05, 4.69) is 42.0 Å². The van der Waals surface area contributed by atoms with Gasteiger partial charge >= 0.3 is 0 Å². The number of rotatable bonds is 16. The van der Waals surface area contributed by atoms with Crippen LogP contribution in [-0.4, -0.2) is 17.4 Å². The third-order valence-electron chi connectivity index (χ3n) is 4.32. The molecule has 128 valence electrons. The molecule has 0 aliphatic rings. The fourth-order valence-electron chi connectivity index (χ4n) is 2.79. The molecular weight excluding hydrogens is 322 g/mol. The summed E-state index contributed by atoms with van der Waals surface area (Å²) < 4.78 is 0. The van der Waals surface area contributed by atoms with Crippen LogP contribution in [0.5, 0.6) is 0 Å². The van der Waals surface area contributed by atoms with Crippen LogP contribution >= 0.6 is 15.9 Å². The van der Waals surface area contributed by atoms with E-state index in [0.29, 0.717) is 5.54 Å². The number of alkyl halides is 1. The van der Waals surface area contributed by atoms with Crippen LogP contribution in [0.2, 0.25) is 0 Å². The first-order valence-electron chi connectivity index (χ1n) is 9.43. The van der Waals surface area contributed by atoms with Crippen molar-refractivity contribution in [2.75, 3.05) is 11.9 Å². The van der Waals surface area contributed by atoms with E-state index < -0.39 is 0 Å². The van der Waals surface area contributed by atoms with Crippen LogP contribution in [-0.2, 0) is 0 Å². The molecule has 0 heterocycles. The summed E-state index contributed by atoms with van der Waals surface area (Å²) >= 11 is 3.49. The molecule has 0 fully saturated rings. The number of hydrogen-bond donors (Lipinski definition) is 1. The van der Waals surface area contributed by atoms with E-state index in [0.717, 1.165) is 5.33 Å². The van der Waals surface area contributed by atoms with Gasteiger partial charge in [-0.1, -0.05) is 87.1 Å². The van der Waals surface area contributed by atoms with Gasteiger partial charge in [0, 0.05) is 10.9 Å². The predicted molar refractivity (Wildman–Crippen MR) is 102 cm³/mol. The maximum Gasteiger partial charge on any atom is 0.0125 e. The molecule has 0 rings (SSSR count). The molecule has 0 aromatic heterocycles. The topological polar surface area (TPSA) is 12.0 Å². The van der Waals surface area contributed by atoms with Crippen molar-refractivity contribution in [1.82, 2.24) is 5.32 Å². The summed E-state index contributed by atoms with van der Waals surface area (Å²) in [5.74, 6) is 0. The third kappa shape index (κ3) is 16.6. The highest BCUT2D eigenvalue weighted by Gasteiger charge is 2.15. The molecule has 0 saturated carbocycles. The zero-order chi connectivity index (χ0) is 15.8. The van der Waals surface area contributed by atoms with E-state index in [1.165, 1.54) is 90.0 Å². The standard InChI is InChI=1S/C19H40BrN/c1-4-5-6-7-8-9-10-11-13-16-19(2,3)21-18-15-12-14-17-20/h21H,4-18H2,1-3H3. The second-order valence-electron chi connectivity index (χ2n) is 7.14. The van der Waals surface area contributed by atoms with Gasteiger partial charge in [-0.05, 0) is 39.7 Å². The van der Waals surface area contributed by atoms with Crippen molar-refractivity contribution >= 4 is 15.9 Å². The molecule has 0 aliphatic carbocycles. The van der Waals surface area contributed by atoms with Gasteiger partial charge in [-0.3, -0.25) is 0 Å². The van der Waals surface area contributed by atoms with Crippen molar-refractivity contribution in [3.63, 3.8) is 0 Å². The molecular formula is C19H40BrN. The quantitative estimate of drug-likeness (QED) is 0.234. The van der Waals surface area contributed by atoms with Crippen LogP contribution in [0, 0.1) is 0 Å².